The van der Waals surface area contributed by atoms with Gasteiger partial charge in [-0.3, -0.25) is 0 Å². The molecule has 16 heavy (non-hydrogen) atoms. The Morgan fingerprint density at radius 1 is 1.44 bits per heavy atom. The molecule has 0 aromatic carbocycles. The van der Waals surface area contributed by atoms with E-state index in [2.05, 4.69) is 24.1 Å². The Hall–Kier alpha value is -1.09. The highest BCUT2D eigenvalue weighted by Gasteiger charge is 2.20. The topological polar surface area (TPSA) is 34.1 Å². The Labute approximate surface area is 97.2 Å². The molecule has 0 aliphatic heterocycles. The Morgan fingerprint density at radius 3 is 2.94 bits per heavy atom. The average molecular weight is 220 g/mol. The number of aromatic nitrogens is 1. The first-order chi connectivity index (χ1) is 7.74. The summed E-state index contributed by atoms with van der Waals surface area (Å²) in [5, 5.41) is 3.45. The summed E-state index contributed by atoms with van der Waals surface area (Å²) in [6.07, 6.45) is 2.62. The predicted octanol–water partition coefficient (Wildman–Crippen LogP) is 2.37. The molecule has 1 aliphatic rings. The summed E-state index contributed by atoms with van der Waals surface area (Å²) in [6.45, 7) is 5.85. The minimum Gasteiger partial charge on any atom is -0.477 e. The van der Waals surface area contributed by atoms with Crippen molar-refractivity contribution >= 4 is 0 Å². The third-order valence-corrected chi connectivity index (χ3v) is 2.49. The molecule has 3 nitrogen and oxygen atoms in total. The first-order valence-electron chi connectivity index (χ1n) is 6.06. The van der Waals surface area contributed by atoms with Gasteiger partial charge in [0.15, 0.2) is 0 Å². The molecular weight excluding hydrogens is 200 g/mol. The van der Waals surface area contributed by atoms with Crippen molar-refractivity contribution in [1.29, 1.82) is 0 Å². The Balaban J connectivity index is 1.84. The number of nitrogens with one attached hydrogen (secondary N) is 1. The molecule has 88 valence electrons. The van der Waals surface area contributed by atoms with E-state index < -0.39 is 0 Å². The van der Waals surface area contributed by atoms with Crippen LogP contribution in [0.1, 0.15) is 32.4 Å². The molecule has 1 aromatic heterocycles. The summed E-state index contributed by atoms with van der Waals surface area (Å²) in [5.74, 6) is 1.28. The summed E-state index contributed by atoms with van der Waals surface area (Å²) in [6, 6.07) is 6.69. The molecule has 0 saturated heterocycles. The van der Waals surface area contributed by atoms with Gasteiger partial charge >= 0.3 is 0 Å². The smallest absolute Gasteiger partial charge is 0.213 e. The van der Waals surface area contributed by atoms with Gasteiger partial charge in [-0.05, 0) is 24.8 Å². The quantitative estimate of drug-likeness (QED) is 0.799. The van der Waals surface area contributed by atoms with Gasteiger partial charge in [-0.15, -0.1) is 0 Å². The van der Waals surface area contributed by atoms with E-state index in [0.29, 0.717) is 5.92 Å². The zero-order valence-corrected chi connectivity index (χ0v) is 10.1. The maximum atomic E-state index is 5.59. The van der Waals surface area contributed by atoms with Crippen LogP contribution in [0.15, 0.2) is 18.2 Å². The van der Waals surface area contributed by atoms with Crippen molar-refractivity contribution in [2.24, 2.45) is 5.92 Å². The van der Waals surface area contributed by atoms with Crippen molar-refractivity contribution in [3.05, 3.63) is 23.9 Å². The molecule has 1 fully saturated rings. The van der Waals surface area contributed by atoms with Crippen LogP contribution in [-0.2, 0) is 6.54 Å². The van der Waals surface area contributed by atoms with E-state index in [4.69, 9.17) is 4.74 Å². The average Bonchev–Trinajstić information content (AvgIpc) is 3.08. The standard InChI is InChI=1S/C13H20N2O/c1-10(2)9-16-13-5-3-4-12(15-13)8-14-11-6-7-11/h3-5,10-11,14H,6-9H2,1-2H3. The molecule has 1 aliphatic carbocycles. The zero-order chi connectivity index (χ0) is 11.4. The van der Waals surface area contributed by atoms with Crippen molar-refractivity contribution in [1.82, 2.24) is 10.3 Å². The van der Waals surface area contributed by atoms with Crippen LogP contribution < -0.4 is 10.1 Å². The number of hydrogen-bond acceptors (Lipinski definition) is 3. The molecule has 1 N–H and O–H groups in total. The summed E-state index contributed by atoms with van der Waals surface area (Å²) in [7, 11) is 0. The number of hydrogen-bond donors (Lipinski definition) is 1. The lowest BCUT2D eigenvalue weighted by atomic mass is 10.2. The molecule has 0 radical (unpaired) electrons. The van der Waals surface area contributed by atoms with E-state index in [1.165, 1.54) is 12.8 Å². The second-order valence-corrected chi connectivity index (χ2v) is 4.83. The van der Waals surface area contributed by atoms with Crippen molar-refractivity contribution in [2.75, 3.05) is 6.61 Å². The van der Waals surface area contributed by atoms with Crippen LogP contribution in [-0.4, -0.2) is 17.6 Å². The Morgan fingerprint density at radius 2 is 2.25 bits per heavy atom. The lowest BCUT2D eigenvalue weighted by Crippen LogP contribution is -2.16. The molecular formula is C13H20N2O. The molecule has 3 heteroatoms. The normalized spacial score (nSPS) is 15.4. The highest BCUT2D eigenvalue weighted by Crippen LogP contribution is 2.19. The van der Waals surface area contributed by atoms with Gasteiger partial charge in [-0.25, -0.2) is 4.98 Å². The minimum atomic E-state index is 0.537. The van der Waals surface area contributed by atoms with Crippen molar-refractivity contribution in [3.8, 4) is 5.88 Å². The third-order valence-electron chi connectivity index (χ3n) is 2.49. The maximum Gasteiger partial charge on any atom is 0.213 e. The van der Waals surface area contributed by atoms with E-state index in [1.807, 2.05) is 18.2 Å². The number of rotatable bonds is 6. The number of nitrogens with zero attached hydrogens (tertiary/aromatic N) is 1. The van der Waals surface area contributed by atoms with E-state index in [-0.39, 0.29) is 0 Å². The fourth-order valence-electron chi connectivity index (χ4n) is 1.42. The lowest BCUT2D eigenvalue weighted by Gasteiger charge is -2.09. The van der Waals surface area contributed by atoms with Gasteiger partial charge < -0.3 is 10.1 Å². The SMILES string of the molecule is CC(C)COc1cccc(CNC2CC2)n1. The van der Waals surface area contributed by atoms with Crippen molar-refractivity contribution < 1.29 is 4.74 Å². The van der Waals surface area contributed by atoms with Crippen molar-refractivity contribution in [3.63, 3.8) is 0 Å². The van der Waals surface area contributed by atoms with Crippen LogP contribution in [0.4, 0.5) is 0 Å². The second-order valence-electron chi connectivity index (χ2n) is 4.83. The summed E-state index contributed by atoms with van der Waals surface area (Å²) in [4.78, 5) is 4.46. The highest BCUT2D eigenvalue weighted by atomic mass is 16.5. The molecule has 0 atom stereocenters. The van der Waals surface area contributed by atoms with Crippen LogP contribution in [0.25, 0.3) is 0 Å². The van der Waals surface area contributed by atoms with Gasteiger partial charge in [0, 0.05) is 18.7 Å². The first kappa shape index (κ1) is 11.4. The minimum absolute atomic E-state index is 0.537. The van der Waals surface area contributed by atoms with Gasteiger partial charge in [0.1, 0.15) is 0 Å². The van der Waals surface area contributed by atoms with Gasteiger partial charge in [0.25, 0.3) is 0 Å². The lowest BCUT2D eigenvalue weighted by molar-refractivity contribution is 0.260. The van der Waals surface area contributed by atoms with E-state index >= 15 is 0 Å². The van der Waals surface area contributed by atoms with Crippen LogP contribution >= 0.6 is 0 Å². The monoisotopic (exact) mass is 220 g/mol. The fourth-order valence-corrected chi connectivity index (χ4v) is 1.42. The molecule has 0 amide bonds. The Bertz CT molecular complexity index is 313. The van der Waals surface area contributed by atoms with Gasteiger partial charge in [-0.1, -0.05) is 19.9 Å². The first-order valence-corrected chi connectivity index (χ1v) is 6.06. The van der Waals surface area contributed by atoms with E-state index in [9.17, 15) is 0 Å². The number of pyridine rings is 1. The second kappa shape index (κ2) is 5.30. The predicted molar refractivity (Wildman–Crippen MR) is 64.4 cm³/mol. The van der Waals surface area contributed by atoms with Gasteiger partial charge in [0.2, 0.25) is 5.88 Å². The van der Waals surface area contributed by atoms with Crippen molar-refractivity contribution in [2.45, 2.75) is 39.3 Å². The molecule has 0 unspecified atom stereocenters. The summed E-state index contributed by atoms with van der Waals surface area (Å²) < 4.78 is 5.59. The van der Waals surface area contributed by atoms with Crippen LogP contribution in [0.5, 0.6) is 5.88 Å². The molecule has 1 saturated carbocycles. The summed E-state index contributed by atoms with van der Waals surface area (Å²) >= 11 is 0. The largest absolute Gasteiger partial charge is 0.477 e. The van der Waals surface area contributed by atoms with Gasteiger partial charge in [0.05, 0.1) is 12.3 Å². The highest BCUT2D eigenvalue weighted by molar-refractivity contribution is 5.15. The molecule has 1 aromatic rings. The molecule has 2 rings (SSSR count). The van der Waals surface area contributed by atoms with Crippen LogP contribution in [0.2, 0.25) is 0 Å². The van der Waals surface area contributed by atoms with E-state index in [1.54, 1.807) is 0 Å². The molecule has 0 bridgehead atoms. The van der Waals surface area contributed by atoms with Crippen LogP contribution in [0.3, 0.4) is 0 Å². The summed E-state index contributed by atoms with van der Waals surface area (Å²) in [5.41, 5.74) is 1.06. The molecule has 0 spiro atoms. The number of ether oxygens (including phenoxy) is 1. The fraction of sp³-hybridized carbons (Fsp3) is 0.615. The molecule has 1 heterocycles. The van der Waals surface area contributed by atoms with E-state index in [0.717, 1.165) is 30.8 Å². The third kappa shape index (κ3) is 3.81. The van der Waals surface area contributed by atoms with Crippen LogP contribution in [0, 0.1) is 5.92 Å². The zero-order valence-electron chi connectivity index (χ0n) is 10.1. The van der Waals surface area contributed by atoms with Gasteiger partial charge in [-0.2, -0.15) is 0 Å². The maximum absolute atomic E-state index is 5.59. The Kier molecular flexibility index (Phi) is 3.78.